The SMILES string of the molecule is Cc1c(C(=O)O)oc2nn(Cc3cccc(Cl)c3)c(C)c12. The summed E-state index contributed by atoms with van der Waals surface area (Å²) >= 11 is 5.98. The van der Waals surface area contributed by atoms with Gasteiger partial charge in [0.25, 0.3) is 0 Å². The topological polar surface area (TPSA) is 68.3 Å². The average molecular weight is 305 g/mol. The monoisotopic (exact) mass is 304 g/mol. The van der Waals surface area contributed by atoms with Crippen LogP contribution in [0.1, 0.15) is 27.4 Å². The van der Waals surface area contributed by atoms with E-state index in [1.807, 2.05) is 31.2 Å². The molecule has 1 aromatic carbocycles. The van der Waals surface area contributed by atoms with Gasteiger partial charge in [0, 0.05) is 16.3 Å². The minimum Gasteiger partial charge on any atom is -0.475 e. The predicted molar refractivity (Wildman–Crippen MR) is 79.0 cm³/mol. The van der Waals surface area contributed by atoms with E-state index in [1.165, 1.54) is 0 Å². The van der Waals surface area contributed by atoms with Crippen LogP contribution >= 0.6 is 11.6 Å². The fraction of sp³-hybridized carbons (Fsp3) is 0.200. The third-order valence-corrected chi connectivity index (χ3v) is 3.74. The first kappa shape index (κ1) is 13.7. The van der Waals surface area contributed by atoms with Crippen LogP contribution in [-0.4, -0.2) is 20.9 Å². The molecule has 0 bridgehead atoms. The summed E-state index contributed by atoms with van der Waals surface area (Å²) < 4.78 is 7.12. The van der Waals surface area contributed by atoms with Crippen molar-refractivity contribution in [1.82, 2.24) is 9.78 Å². The Morgan fingerprint density at radius 3 is 2.81 bits per heavy atom. The summed E-state index contributed by atoms with van der Waals surface area (Å²) in [5.74, 6) is -1.13. The van der Waals surface area contributed by atoms with Gasteiger partial charge in [0.15, 0.2) is 0 Å². The normalized spacial score (nSPS) is 11.2. The summed E-state index contributed by atoms with van der Waals surface area (Å²) in [7, 11) is 0. The van der Waals surface area contributed by atoms with Crippen LogP contribution in [0, 0.1) is 13.8 Å². The van der Waals surface area contributed by atoms with Crippen molar-refractivity contribution in [2.45, 2.75) is 20.4 Å². The fourth-order valence-electron chi connectivity index (χ4n) is 2.47. The molecule has 6 heteroatoms. The maximum Gasteiger partial charge on any atom is 0.372 e. The van der Waals surface area contributed by atoms with Gasteiger partial charge in [0.2, 0.25) is 11.5 Å². The van der Waals surface area contributed by atoms with E-state index in [0.717, 1.165) is 16.6 Å². The molecule has 0 amide bonds. The molecule has 5 nitrogen and oxygen atoms in total. The van der Waals surface area contributed by atoms with E-state index in [1.54, 1.807) is 11.6 Å². The number of carboxylic acids is 1. The number of hydrogen-bond donors (Lipinski definition) is 1. The van der Waals surface area contributed by atoms with Crippen LogP contribution in [-0.2, 0) is 6.54 Å². The fourth-order valence-corrected chi connectivity index (χ4v) is 2.69. The minimum absolute atomic E-state index is 0.0505. The van der Waals surface area contributed by atoms with Crippen molar-refractivity contribution < 1.29 is 14.3 Å². The number of furan rings is 1. The number of aromatic nitrogens is 2. The molecule has 1 N–H and O–H groups in total. The summed E-state index contributed by atoms with van der Waals surface area (Å²) in [6.07, 6.45) is 0. The Bertz CT molecular complexity index is 848. The summed E-state index contributed by atoms with van der Waals surface area (Å²) in [5.41, 5.74) is 2.85. The zero-order valence-electron chi connectivity index (χ0n) is 11.6. The highest BCUT2D eigenvalue weighted by Gasteiger charge is 2.22. The Balaban J connectivity index is 2.05. The average Bonchev–Trinajstić information content (AvgIpc) is 2.89. The molecule has 0 atom stereocenters. The number of aromatic carboxylic acids is 1. The minimum atomic E-state index is -1.08. The molecule has 0 radical (unpaired) electrons. The molecule has 108 valence electrons. The lowest BCUT2D eigenvalue weighted by molar-refractivity contribution is 0.0663. The van der Waals surface area contributed by atoms with Gasteiger partial charge < -0.3 is 9.52 Å². The lowest BCUT2D eigenvalue weighted by Gasteiger charge is -2.05. The molecule has 21 heavy (non-hydrogen) atoms. The Morgan fingerprint density at radius 1 is 1.43 bits per heavy atom. The second-order valence-electron chi connectivity index (χ2n) is 4.91. The number of benzene rings is 1. The van der Waals surface area contributed by atoms with Crippen LogP contribution in [0.5, 0.6) is 0 Å². The zero-order valence-corrected chi connectivity index (χ0v) is 12.3. The van der Waals surface area contributed by atoms with Gasteiger partial charge in [-0.3, -0.25) is 4.68 Å². The van der Waals surface area contributed by atoms with E-state index in [9.17, 15) is 4.79 Å². The smallest absolute Gasteiger partial charge is 0.372 e. The van der Waals surface area contributed by atoms with Crippen LogP contribution in [0.2, 0.25) is 5.02 Å². The van der Waals surface area contributed by atoms with E-state index in [-0.39, 0.29) is 5.76 Å². The van der Waals surface area contributed by atoms with E-state index >= 15 is 0 Å². The van der Waals surface area contributed by atoms with Gasteiger partial charge >= 0.3 is 5.97 Å². The molecule has 0 aliphatic carbocycles. The highest BCUT2D eigenvalue weighted by atomic mass is 35.5. The van der Waals surface area contributed by atoms with Crippen molar-refractivity contribution in [3.63, 3.8) is 0 Å². The van der Waals surface area contributed by atoms with Crippen molar-refractivity contribution >= 4 is 28.7 Å². The van der Waals surface area contributed by atoms with Gasteiger partial charge in [-0.15, -0.1) is 5.10 Å². The number of halogens is 1. The van der Waals surface area contributed by atoms with Crippen molar-refractivity contribution in [3.8, 4) is 0 Å². The van der Waals surface area contributed by atoms with Crippen LogP contribution in [0.3, 0.4) is 0 Å². The molecule has 2 heterocycles. The Morgan fingerprint density at radius 2 is 2.19 bits per heavy atom. The number of hydrogen-bond acceptors (Lipinski definition) is 3. The molecule has 0 aliphatic rings. The number of rotatable bonds is 3. The molecule has 2 aromatic heterocycles. The molecular formula is C15H13ClN2O3. The Hall–Kier alpha value is -2.27. The molecule has 3 rings (SSSR count). The Labute approximate surface area is 125 Å². The number of carbonyl (C=O) groups is 1. The largest absolute Gasteiger partial charge is 0.475 e. The summed E-state index contributed by atoms with van der Waals surface area (Å²) in [5, 5.41) is 14.8. The lowest BCUT2D eigenvalue weighted by Crippen LogP contribution is -2.04. The molecule has 0 saturated heterocycles. The first-order valence-corrected chi connectivity index (χ1v) is 6.79. The third-order valence-electron chi connectivity index (χ3n) is 3.50. The second-order valence-corrected chi connectivity index (χ2v) is 5.35. The molecule has 0 aliphatic heterocycles. The van der Waals surface area contributed by atoms with Crippen molar-refractivity contribution in [3.05, 3.63) is 51.9 Å². The van der Waals surface area contributed by atoms with Crippen LogP contribution in [0.15, 0.2) is 28.7 Å². The molecule has 0 unspecified atom stereocenters. The summed E-state index contributed by atoms with van der Waals surface area (Å²) in [4.78, 5) is 11.1. The van der Waals surface area contributed by atoms with Gasteiger partial charge in [-0.25, -0.2) is 4.79 Å². The number of aryl methyl sites for hydroxylation is 2. The zero-order chi connectivity index (χ0) is 15.1. The first-order chi connectivity index (χ1) is 9.97. The summed E-state index contributed by atoms with van der Waals surface area (Å²) in [6.45, 7) is 4.18. The van der Waals surface area contributed by atoms with Crippen molar-refractivity contribution in [1.29, 1.82) is 0 Å². The van der Waals surface area contributed by atoms with Crippen LogP contribution < -0.4 is 0 Å². The highest BCUT2D eigenvalue weighted by Crippen LogP contribution is 2.28. The van der Waals surface area contributed by atoms with Gasteiger partial charge in [0.1, 0.15) is 0 Å². The quantitative estimate of drug-likeness (QED) is 0.802. The third kappa shape index (κ3) is 2.29. The van der Waals surface area contributed by atoms with E-state index in [4.69, 9.17) is 21.1 Å². The van der Waals surface area contributed by atoms with Crippen molar-refractivity contribution in [2.75, 3.05) is 0 Å². The highest BCUT2D eigenvalue weighted by molar-refractivity contribution is 6.30. The molecule has 0 spiro atoms. The Kier molecular flexibility index (Phi) is 3.22. The molecule has 0 saturated carbocycles. The standard InChI is InChI=1S/C15H13ClN2O3/c1-8-12-9(2)18(7-10-4-3-5-11(16)6-10)17-14(12)21-13(8)15(19)20/h3-6H,7H2,1-2H3,(H,19,20). The number of carboxylic acid groups (broad SMARTS) is 1. The maximum absolute atomic E-state index is 11.1. The lowest BCUT2D eigenvalue weighted by atomic mass is 10.1. The van der Waals surface area contributed by atoms with Gasteiger partial charge in [-0.2, -0.15) is 0 Å². The molecule has 0 fully saturated rings. The van der Waals surface area contributed by atoms with Gasteiger partial charge in [-0.1, -0.05) is 23.7 Å². The predicted octanol–water partition coefficient (Wildman–Crippen LogP) is 3.65. The van der Waals surface area contributed by atoms with E-state index in [2.05, 4.69) is 5.10 Å². The second kappa shape index (κ2) is 4.93. The van der Waals surface area contributed by atoms with E-state index in [0.29, 0.717) is 22.8 Å². The van der Waals surface area contributed by atoms with E-state index < -0.39 is 5.97 Å². The number of nitrogens with zero attached hydrogens (tertiary/aromatic N) is 2. The summed E-state index contributed by atoms with van der Waals surface area (Å²) in [6, 6.07) is 7.54. The van der Waals surface area contributed by atoms with Gasteiger partial charge in [-0.05, 0) is 31.5 Å². The first-order valence-electron chi connectivity index (χ1n) is 6.41. The molecular weight excluding hydrogens is 292 g/mol. The van der Waals surface area contributed by atoms with Crippen LogP contribution in [0.4, 0.5) is 0 Å². The molecule has 3 aromatic rings. The van der Waals surface area contributed by atoms with Crippen LogP contribution in [0.25, 0.3) is 11.1 Å². The van der Waals surface area contributed by atoms with Gasteiger partial charge in [0.05, 0.1) is 11.9 Å². The maximum atomic E-state index is 11.1. The number of fused-ring (bicyclic) bond motifs is 1. The van der Waals surface area contributed by atoms with Crippen molar-refractivity contribution in [2.24, 2.45) is 0 Å².